The molecule has 2 N–H and O–H groups in total. The maximum atomic E-state index is 13.2. The molecule has 0 radical (unpaired) electrons. The monoisotopic (exact) mass is 480 g/mol. The van der Waals surface area contributed by atoms with Crippen molar-refractivity contribution >= 4 is 35.2 Å². The summed E-state index contributed by atoms with van der Waals surface area (Å²) in [7, 11) is 0. The number of rotatable bonds is 3. The van der Waals surface area contributed by atoms with E-state index < -0.39 is 40.5 Å². The Morgan fingerprint density at radius 3 is 2.12 bits per heavy atom. The molecule has 2 heterocycles. The molecule has 5 nitrogen and oxygen atoms in total. The Hall–Kier alpha value is -3.23. The quantitative estimate of drug-likeness (QED) is 0.485. The van der Waals surface area contributed by atoms with Gasteiger partial charge in [-0.3, -0.25) is 9.59 Å². The minimum atomic E-state index is -4.81. The first-order chi connectivity index (χ1) is 15.1. The maximum absolute atomic E-state index is 13.2. The Morgan fingerprint density at radius 2 is 1.62 bits per heavy atom. The third kappa shape index (κ3) is 3.99. The number of nitrogens with one attached hydrogen (secondary N) is 2. The first-order valence-corrected chi connectivity index (χ1v) is 9.88. The molecule has 0 unspecified atom stereocenters. The van der Waals surface area contributed by atoms with Crippen LogP contribution in [0.25, 0.3) is 6.08 Å². The van der Waals surface area contributed by atoms with Crippen LogP contribution >= 0.6 is 23.2 Å². The predicted octanol–water partition coefficient (Wildman–Crippen LogP) is 5.97. The summed E-state index contributed by atoms with van der Waals surface area (Å²) in [5.41, 5.74) is -2.28. The lowest BCUT2D eigenvalue weighted by atomic mass is 9.94. The summed E-state index contributed by atoms with van der Waals surface area (Å²) < 4.78 is 45.3. The topological polar surface area (TPSA) is 71.2 Å². The number of fused-ring (bicyclic) bond motifs is 2. The van der Waals surface area contributed by atoms with Crippen LogP contribution < -0.4 is 15.6 Å². The van der Waals surface area contributed by atoms with Crippen LogP contribution in [0.4, 0.5) is 13.2 Å². The minimum Gasteiger partial charge on any atom is -0.456 e. The highest BCUT2D eigenvalue weighted by Gasteiger charge is 2.36. The van der Waals surface area contributed by atoms with E-state index in [9.17, 15) is 22.8 Å². The molecule has 1 aromatic heterocycles. The van der Waals surface area contributed by atoms with Gasteiger partial charge in [-0.2, -0.15) is 13.2 Å². The second kappa shape index (κ2) is 8.03. The van der Waals surface area contributed by atoms with Gasteiger partial charge >= 0.3 is 6.18 Å². The zero-order valence-electron chi connectivity index (χ0n) is 16.0. The second-order valence-electron chi connectivity index (χ2n) is 6.92. The Kier molecular flexibility index (Phi) is 5.52. The molecule has 0 atom stereocenters. The predicted molar refractivity (Wildman–Crippen MR) is 114 cm³/mol. The normalized spacial score (nSPS) is 13.0. The van der Waals surface area contributed by atoms with Crippen molar-refractivity contribution in [3.05, 3.63) is 97.4 Å². The summed E-state index contributed by atoms with van der Waals surface area (Å²) in [5, 5.41) is 3.49. The van der Waals surface area contributed by atoms with Crippen molar-refractivity contribution in [1.29, 1.82) is 0 Å². The molecule has 32 heavy (non-hydrogen) atoms. The van der Waals surface area contributed by atoms with Crippen LogP contribution in [0.15, 0.2) is 53.8 Å². The summed E-state index contributed by atoms with van der Waals surface area (Å²) in [6.07, 6.45) is -3.90. The van der Waals surface area contributed by atoms with E-state index in [4.69, 9.17) is 27.9 Å². The van der Waals surface area contributed by atoms with Crippen molar-refractivity contribution in [2.24, 2.45) is 0 Å². The number of ether oxygens (including phenoxy) is 1. The fourth-order valence-electron chi connectivity index (χ4n) is 3.43. The largest absolute Gasteiger partial charge is 0.456 e. The number of halogens is 5. The van der Waals surface area contributed by atoms with Crippen molar-refractivity contribution in [2.75, 3.05) is 0 Å². The lowest BCUT2D eigenvalue weighted by molar-refractivity contribution is -0.141. The molecule has 4 rings (SSSR count). The van der Waals surface area contributed by atoms with E-state index in [-0.39, 0.29) is 0 Å². The molecular formula is C22H13Cl2F3N2O3. The van der Waals surface area contributed by atoms with Gasteiger partial charge in [-0.15, -0.1) is 0 Å². The molecule has 1 amide bonds. The Bertz CT molecular complexity index is 1270. The number of pyridine rings is 1. The van der Waals surface area contributed by atoms with Crippen molar-refractivity contribution in [1.82, 2.24) is 10.3 Å². The van der Waals surface area contributed by atoms with Gasteiger partial charge in [0.2, 0.25) is 0 Å². The van der Waals surface area contributed by atoms with Crippen LogP contribution in [0.3, 0.4) is 0 Å². The van der Waals surface area contributed by atoms with Crippen LogP contribution in [0.1, 0.15) is 38.8 Å². The first kappa shape index (κ1) is 22.0. The summed E-state index contributed by atoms with van der Waals surface area (Å²) in [4.78, 5) is 27.0. The number of H-pyrrole nitrogens is 1. The smallest absolute Gasteiger partial charge is 0.431 e. The molecule has 0 spiro atoms. The Labute approximate surface area is 189 Å². The molecule has 0 bridgehead atoms. The van der Waals surface area contributed by atoms with Crippen LogP contribution in [-0.2, 0) is 6.18 Å². The average Bonchev–Trinajstić information content (AvgIpc) is 2.72. The molecular weight excluding hydrogens is 468 g/mol. The van der Waals surface area contributed by atoms with E-state index in [1.54, 1.807) is 41.4 Å². The first-order valence-electron chi connectivity index (χ1n) is 9.13. The van der Waals surface area contributed by atoms with E-state index in [0.717, 1.165) is 12.1 Å². The lowest BCUT2D eigenvalue weighted by Crippen LogP contribution is -2.35. The number of carbonyl (C=O) groups is 1. The summed E-state index contributed by atoms with van der Waals surface area (Å²) in [6, 6.07) is 9.69. The number of amides is 1. The fraction of sp³-hybridized carbons (Fsp3) is 0.0909. The van der Waals surface area contributed by atoms with Gasteiger partial charge in [0.25, 0.3) is 11.5 Å². The van der Waals surface area contributed by atoms with Gasteiger partial charge in [0.1, 0.15) is 22.8 Å². The van der Waals surface area contributed by atoms with Gasteiger partial charge in [0, 0.05) is 26.7 Å². The summed E-state index contributed by atoms with van der Waals surface area (Å²) >= 11 is 12.1. The maximum Gasteiger partial charge on any atom is 0.431 e. The van der Waals surface area contributed by atoms with Crippen LogP contribution in [0.5, 0.6) is 11.5 Å². The van der Waals surface area contributed by atoms with Crippen LogP contribution in [-0.4, -0.2) is 10.9 Å². The summed E-state index contributed by atoms with van der Waals surface area (Å²) in [5.74, 6) is -0.145. The second-order valence-corrected chi connectivity index (χ2v) is 7.79. The van der Waals surface area contributed by atoms with Crippen molar-refractivity contribution < 1.29 is 22.7 Å². The third-order valence-corrected chi connectivity index (χ3v) is 5.36. The van der Waals surface area contributed by atoms with Gasteiger partial charge in [-0.1, -0.05) is 48.0 Å². The molecule has 10 heteroatoms. The number of benzene rings is 2. The molecule has 164 valence electrons. The van der Waals surface area contributed by atoms with Gasteiger partial charge < -0.3 is 15.0 Å². The molecule has 2 aromatic carbocycles. The molecule has 0 fully saturated rings. The highest BCUT2D eigenvalue weighted by Crippen LogP contribution is 2.44. The van der Waals surface area contributed by atoms with Crippen LogP contribution in [0.2, 0.25) is 10.0 Å². The highest BCUT2D eigenvalue weighted by molar-refractivity contribution is 6.31. The van der Waals surface area contributed by atoms with E-state index in [2.05, 4.69) is 11.9 Å². The zero-order chi connectivity index (χ0) is 23.2. The Balaban J connectivity index is 1.78. The number of alkyl halides is 3. The van der Waals surface area contributed by atoms with E-state index in [1.807, 2.05) is 0 Å². The number of aromatic amines is 1. The summed E-state index contributed by atoms with van der Waals surface area (Å²) in [6.45, 7) is 3.33. The number of hydrogen-bond donors (Lipinski definition) is 2. The van der Waals surface area contributed by atoms with Crippen molar-refractivity contribution in [2.45, 2.75) is 12.2 Å². The Morgan fingerprint density at radius 1 is 1.06 bits per heavy atom. The fourth-order valence-corrected chi connectivity index (χ4v) is 3.76. The van der Waals surface area contributed by atoms with Gasteiger partial charge in [0.15, 0.2) is 0 Å². The number of hydrogen-bond acceptors (Lipinski definition) is 3. The van der Waals surface area contributed by atoms with Crippen LogP contribution in [0, 0.1) is 0 Å². The van der Waals surface area contributed by atoms with Gasteiger partial charge in [-0.25, -0.2) is 0 Å². The molecule has 1 aliphatic rings. The number of aromatic nitrogens is 1. The third-order valence-electron chi connectivity index (χ3n) is 4.89. The highest BCUT2D eigenvalue weighted by atomic mass is 35.5. The SMILES string of the molecule is C=Cc1cc(C(=O)NC2c3ccc(Cl)cc3Oc3cc(Cl)ccc32)c(=O)[nH]c1C(F)(F)F. The zero-order valence-corrected chi connectivity index (χ0v) is 17.5. The molecule has 3 aromatic rings. The van der Waals surface area contributed by atoms with Gasteiger partial charge in [0.05, 0.1) is 6.04 Å². The molecule has 0 saturated heterocycles. The van der Waals surface area contributed by atoms with E-state index in [1.165, 1.54) is 0 Å². The van der Waals surface area contributed by atoms with Crippen molar-refractivity contribution in [3.63, 3.8) is 0 Å². The lowest BCUT2D eigenvalue weighted by Gasteiger charge is -2.29. The minimum absolute atomic E-state index is 0.366. The standard InChI is InChI=1S/C22H13Cl2F3N2O3/c1-2-10-7-15(21(31)29-19(10)22(25,26)27)20(30)28-18-13-5-3-11(23)8-16(13)32-17-9-12(24)4-6-14(17)18/h2-9,18H,1H2,(H,28,30)(H,29,31). The van der Waals surface area contributed by atoms with Crippen molar-refractivity contribution in [3.8, 4) is 11.5 Å². The average molecular weight is 481 g/mol. The van der Waals surface area contributed by atoms with E-state index in [0.29, 0.717) is 32.7 Å². The van der Waals surface area contributed by atoms with Gasteiger partial charge in [-0.05, 0) is 30.3 Å². The number of carbonyl (C=O) groups excluding carboxylic acids is 1. The van der Waals surface area contributed by atoms with E-state index >= 15 is 0 Å². The molecule has 0 saturated carbocycles. The molecule has 1 aliphatic heterocycles. The molecule has 0 aliphatic carbocycles.